The first kappa shape index (κ1) is 17.3. The lowest BCUT2D eigenvalue weighted by atomic mass is 10.2. The lowest BCUT2D eigenvalue weighted by molar-refractivity contribution is 0.102. The maximum atomic E-state index is 12.6. The number of carbonyl (C=O) groups excluding carboxylic acids is 1. The van der Waals surface area contributed by atoms with Crippen LogP contribution in [0.2, 0.25) is 0 Å². The van der Waals surface area contributed by atoms with Crippen LogP contribution in [0.1, 0.15) is 22.6 Å². The van der Waals surface area contributed by atoms with Crippen molar-refractivity contribution < 1.29 is 9.32 Å². The van der Waals surface area contributed by atoms with Crippen LogP contribution in [0, 0.1) is 6.92 Å². The lowest BCUT2D eigenvalue weighted by Crippen LogP contribution is -2.11. The predicted molar refractivity (Wildman–Crippen MR) is 102 cm³/mol. The molecule has 0 aliphatic rings. The van der Waals surface area contributed by atoms with Gasteiger partial charge in [0.2, 0.25) is 5.13 Å². The maximum Gasteiger partial charge on any atom is 0.257 e. The number of nitrogens with one attached hydrogen (secondary N) is 1. The molecule has 0 spiro atoms. The van der Waals surface area contributed by atoms with E-state index in [0.29, 0.717) is 28.0 Å². The van der Waals surface area contributed by atoms with E-state index in [1.807, 2.05) is 13.0 Å². The van der Waals surface area contributed by atoms with Gasteiger partial charge in [-0.3, -0.25) is 10.1 Å². The second-order valence-electron chi connectivity index (χ2n) is 5.90. The van der Waals surface area contributed by atoms with E-state index in [2.05, 4.69) is 30.2 Å². The molecule has 3 heterocycles. The fourth-order valence-corrected chi connectivity index (χ4v) is 3.49. The van der Waals surface area contributed by atoms with E-state index in [0.717, 1.165) is 29.8 Å². The first-order valence-corrected chi connectivity index (χ1v) is 9.20. The third-order valence-electron chi connectivity index (χ3n) is 4.08. The maximum absolute atomic E-state index is 12.6. The van der Waals surface area contributed by atoms with Gasteiger partial charge in [-0.2, -0.15) is 0 Å². The quantitative estimate of drug-likeness (QED) is 0.524. The number of hydrogen-bond acceptors (Lipinski definition) is 8. The van der Waals surface area contributed by atoms with Crippen LogP contribution in [0.4, 0.5) is 5.13 Å². The fraction of sp³-hybridized carbons (Fsp3) is 0.235. The summed E-state index contributed by atoms with van der Waals surface area (Å²) in [4.78, 5) is 17.1. The minimum atomic E-state index is -0.272. The zero-order valence-electron chi connectivity index (χ0n) is 14.5. The van der Waals surface area contributed by atoms with E-state index in [1.54, 1.807) is 18.2 Å². The van der Waals surface area contributed by atoms with E-state index < -0.39 is 0 Å². The Morgan fingerprint density at radius 1 is 1.33 bits per heavy atom. The molecule has 9 nitrogen and oxygen atoms in total. The normalized spacial score (nSPS) is 11.2. The zero-order chi connectivity index (χ0) is 18.8. The number of aryl methyl sites for hydroxylation is 2. The van der Waals surface area contributed by atoms with Gasteiger partial charge in [-0.25, -0.2) is 4.98 Å². The molecule has 0 saturated carbocycles. The van der Waals surface area contributed by atoms with Gasteiger partial charge in [-0.1, -0.05) is 16.5 Å². The van der Waals surface area contributed by atoms with Crippen molar-refractivity contribution in [2.45, 2.75) is 19.9 Å². The number of aromatic nitrogens is 5. The van der Waals surface area contributed by atoms with Gasteiger partial charge in [0.1, 0.15) is 5.82 Å². The Hall–Kier alpha value is -3.11. The largest absolute Gasteiger partial charge is 0.354 e. The summed E-state index contributed by atoms with van der Waals surface area (Å²) in [6, 6.07) is 7.13. The highest BCUT2D eigenvalue weighted by Crippen LogP contribution is 2.26. The molecule has 138 valence electrons. The van der Waals surface area contributed by atoms with Gasteiger partial charge in [0.25, 0.3) is 5.91 Å². The summed E-state index contributed by atoms with van der Waals surface area (Å²) < 4.78 is 7.15. The molecule has 1 aromatic carbocycles. The third-order valence-corrected chi connectivity index (χ3v) is 4.93. The molecule has 1 amide bonds. The SMILES string of the molecule is Cc1nc2cc(C(=O)Nc3nnc(-c4ccno4)s3)ccc2n1CCCN. The van der Waals surface area contributed by atoms with Crippen molar-refractivity contribution in [1.82, 2.24) is 24.9 Å². The first-order chi connectivity index (χ1) is 13.2. The Morgan fingerprint density at radius 3 is 3.00 bits per heavy atom. The van der Waals surface area contributed by atoms with Crippen LogP contribution in [0.5, 0.6) is 0 Å². The number of rotatable bonds is 6. The molecule has 0 aliphatic heterocycles. The monoisotopic (exact) mass is 383 g/mol. The van der Waals surface area contributed by atoms with E-state index in [-0.39, 0.29) is 5.91 Å². The topological polar surface area (TPSA) is 125 Å². The predicted octanol–water partition coefficient (Wildman–Crippen LogP) is 2.45. The summed E-state index contributed by atoms with van der Waals surface area (Å²) in [6.45, 7) is 3.37. The second-order valence-corrected chi connectivity index (χ2v) is 6.88. The summed E-state index contributed by atoms with van der Waals surface area (Å²) in [5.74, 6) is 1.14. The number of amides is 1. The van der Waals surface area contributed by atoms with Crippen molar-refractivity contribution in [3.8, 4) is 10.8 Å². The Balaban J connectivity index is 1.54. The van der Waals surface area contributed by atoms with Crippen molar-refractivity contribution in [1.29, 1.82) is 0 Å². The molecule has 0 atom stereocenters. The first-order valence-electron chi connectivity index (χ1n) is 8.38. The fourth-order valence-electron chi connectivity index (χ4n) is 2.79. The van der Waals surface area contributed by atoms with Gasteiger partial charge in [0, 0.05) is 18.2 Å². The molecule has 3 aromatic heterocycles. The molecule has 0 fully saturated rings. The van der Waals surface area contributed by atoms with Gasteiger partial charge in [-0.15, -0.1) is 10.2 Å². The Labute approximate surface area is 158 Å². The van der Waals surface area contributed by atoms with Crippen LogP contribution in [0.3, 0.4) is 0 Å². The van der Waals surface area contributed by atoms with Gasteiger partial charge in [0.15, 0.2) is 10.8 Å². The van der Waals surface area contributed by atoms with Crippen molar-refractivity contribution >= 4 is 33.4 Å². The molecule has 4 rings (SSSR count). The molecule has 0 saturated heterocycles. The third kappa shape index (κ3) is 3.44. The minimum Gasteiger partial charge on any atom is -0.354 e. The Kier molecular flexibility index (Phi) is 4.65. The smallest absolute Gasteiger partial charge is 0.257 e. The zero-order valence-corrected chi connectivity index (χ0v) is 15.4. The molecule has 0 bridgehead atoms. The standard InChI is InChI=1S/C17H17N7O2S/c1-10-20-12-9-11(3-4-13(12)24(10)8-2-6-18)15(25)21-17-23-22-16(27-17)14-5-7-19-26-14/h3-5,7,9H,2,6,8,18H2,1H3,(H,21,23,25). The number of fused-ring (bicyclic) bond motifs is 1. The van der Waals surface area contributed by atoms with Crippen LogP contribution >= 0.6 is 11.3 Å². The average molecular weight is 383 g/mol. The highest BCUT2D eigenvalue weighted by molar-refractivity contribution is 7.18. The van der Waals surface area contributed by atoms with Gasteiger partial charge in [-0.05, 0) is 38.1 Å². The molecular weight excluding hydrogens is 366 g/mol. The molecule has 4 aromatic rings. The van der Waals surface area contributed by atoms with Gasteiger partial charge in [0.05, 0.1) is 17.2 Å². The van der Waals surface area contributed by atoms with Crippen LogP contribution in [-0.2, 0) is 6.54 Å². The summed E-state index contributed by atoms with van der Waals surface area (Å²) in [7, 11) is 0. The highest BCUT2D eigenvalue weighted by Gasteiger charge is 2.15. The van der Waals surface area contributed by atoms with E-state index in [4.69, 9.17) is 10.3 Å². The molecule has 0 aliphatic carbocycles. The summed E-state index contributed by atoms with van der Waals surface area (Å²) in [6.07, 6.45) is 2.40. The van der Waals surface area contributed by atoms with Crippen LogP contribution in [0.15, 0.2) is 35.0 Å². The molecule has 0 radical (unpaired) electrons. The molecule has 0 unspecified atom stereocenters. The minimum absolute atomic E-state index is 0.272. The van der Waals surface area contributed by atoms with Gasteiger partial charge < -0.3 is 14.8 Å². The van der Waals surface area contributed by atoms with Crippen molar-refractivity contribution in [3.63, 3.8) is 0 Å². The van der Waals surface area contributed by atoms with E-state index >= 15 is 0 Å². The number of anilines is 1. The van der Waals surface area contributed by atoms with Crippen LogP contribution in [0.25, 0.3) is 21.8 Å². The lowest BCUT2D eigenvalue weighted by Gasteiger charge is -2.06. The van der Waals surface area contributed by atoms with Crippen LogP contribution in [-0.4, -0.2) is 37.4 Å². The Morgan fingerprint density at radius 2 is 2.22 bits per heavy atom. The number of benzene rings is 1. The van der Waals surface area contributed by atoms with Crippen molar-refractivity contribution in [2.24, 2.45) is 5.73 Å². The number of imidazole rings is 1. The molecule has 10 heteroatoms. The molecular formula is C17H17N7O2S. The van der Waals surface area contributed by atoms with Crippen molar-refractivity contribution in [2.75, 3.05) is 11.9 Å². The van der Waals surface area contributed by atoms with E-state index in [1.165, 1.54) is 17.5 Å². The Bertz CT molecular complexity index is 1080. The number of nitrogens with zero attached hydrogens (tertiary/aromatic N) is 5. The summed E-state index contributed by atoms with van der Waals surface area (Å²) in [5.41, 5.74) is 7.87. The molecule has 3 N–H and O–H groups in total. The van der Waals surface area contributed by atoms with Crippen molar-refractivity contribution in [3.05, 3.63) is 41.9 Å². The van der Waals surface area contributed by atoms with Gasteiger partial charge >= 0.3 is 0 Å². The van der Waals surface area contributed by atoms with Crippen LogP contribution < -0.4 is 11.1 Å². The van der Waals surface area contributed by atoms with E-state index in [9.17, 15) is 4.79 Å². The molecule has 27 heavy (non-hydrogen) atoms. The summed E-state index contributed by atoms with van der Waals surface area (Å²) >= 11 is 1.21. The number of hydrogen-bond donors (Lipinski definition) is 2. The number of carbonyl (C=O) groups is 1. The average Bonchev–Trinajstić information content (AvgIpc) is 3.39. The summed E-state index contributed by atoms with van der Waals surface area (Å²) in [5, 5.41) is 15.3. The second kappa shape index (κ2) is 7.25. The number of nitrogens with two attached hydrogens (primary N) is 1. The highest BCUT2D eigenvalue weighted by atomic mass is 32.1.